The Bertz CT molecular complexity index is 3100. The fourth-order valence-electron chi connectivity index (χ4n) is 20.4. The average molecular weight is 1220 g/mol. The first-order valence-electron chi connectivity index (χ1n) is 32.0. The highest BCUT2D eigenvalue weighted by molar-refractivity contribution is 8.76. The summed E-state index contributed by atoms with van der Waals surface area (Å²) in [6.45, 7) is 9.67. The van der Waals surface area contributed by atoms with Gasteiger partial charge in [-0.2, -0.15) is 0 Å². The van der Waals surface area contributed by atoms with E-state index in [1.165, 1.54) is 27.2 Å². The maximum atomic E-state index is 16.3. The molecule has 2 aliphatic heterocycles. The predicted molar refractivity (Wildman–Crippen MR) is 331 cm³/mol. The summed E-state index contributed by atoms with van der Waals surface area (Å²) < 4.78 is 6.39. The number of carbonyl (C=O) groups excluding carboxylic acids is 3. The van der Waals surface area contributed by atoms with E-state index in [1.54, 1.807) is 31.2 Å². The third-order valence-electron chi connectivity index (χ3n) is 24.1. The lowest BCUT2D eigenvalue weighted by atomic mass is 9.43. The first-order chi connectivity index (χ1) is 41.1. The first-order valence-corrected chi connectivity index (χ1v) is 34.5. The van der Waals surface area contributed by atoms with E-state index in [0.717, 1.165) is 30.4 Å². The fourth-order valence-corrected chi connectivity index (χ4v) is 23.2. The second kappa shape index (κ2) is 23.7. The molecule has 1 aromatic carbocycles. The van der Waals surface area contributed by atoms with Crippen LogP contribution < -0.4 is 16.8 Å². The van der Waals surface area contributed by atoms with E-state index in [0.29, 0.717) is 35.8 Å². The maximum absolute atomic E-state index is 16.3. The highest BCUT2D eigenvalue weighted by atomic mass is 33.1. The standard InChI is InChI=1S/C68H91N5O11S2/c1-6-51-56(54(63(81)84-51)40-19-22-71-30-40)43-9-7-8-39-28-68(83)58-47(65(4)29-50(77)60(79)46-33-86-85-32-41(36-12-15-42(75)16-13-36)27-49(76)48(31-74)73-59(58)61(80)57(46)65)18-20-67(68,21-23-72-64(69)70)62(39)66(5,82)52(78)25-35(3)53-38-14-17-44(43)55(53)45-24-34(2)10-11-37(45)26-38/h12-17,19,22,26,30,34-35,38-39,41,43-48,50-57,60,62,71,73-75,77-79,82-83H,6,8,10-11,18,20-21,23-25,27-29,31-33H2,1-5H3,(H4,69,70,72). The average Bonchev–Trinajstić information content (AvgIpc) is 1.35. The summed E-state index contributed by atoms with van der Waals surface area (Å²) in [5, 5.41) is 91.2. The van der Waals surface area contributed by atoms with Crippen LogP contribution in [-0.2, 0) is 19.1 Å². The number of aliphatic hydroxyl groups excluding tert-OH is 4. The van der Waals surface area contributed by atoms with Crippen LogP contribution in [0, 0.1) is 106 Å². The predicted octanol–water partition coefficient (Wildman–Crippen LogP) is 7.04. The molecule has 0 spiro atoms. The summed E-state index contributed by atoms with van der Waals surface area (Å²) >= 11 is 0. The van der Waals surface area contributed by atoms with Crippen molar-refractivity contribution in [3.05, 3.63) is 88.9 Å². The van der Waals surface area contributed by atoms with E-state index in [4.69, 9.17) is 16.2 Å². The molecule has 25 atom stereocenters. The van der Waals surface area contributed by atoms with Gasteiger partial charge in [-0.25, -0.2) is 0 Å². The number of carbonyl (C=O) groups is 3. The van der Waals surface area contributed by atoms with Crippen LogP contribution in [0.1, 0.15) is 135 Å². The minimum Gasteiger partial charge on any atom is -0.508 e. The molecular formula is C68H91N5O11S2. The van der Waals surface area contributed by atoms with E-state index in [2.05, 4.69) is 66.1 Å². The Morgan fingerprint density at radius 1 is 0.942 bits per heavy atom. The number of ether oxygens (including phenoxy) is 1. The number of aromatic nitrogens is 1. The number of rotatable bonds is 8. The van der Waals surface area contributed by atoms with E-state index in [1.807, 2.05) is 25.4 Å². The van der Waals surface area contributed by atoms with Crippen molar-refractivity contribution in [1.29, 1.82) is 0 Å². The Labute approximate surface area is 514 Å². The Hall–Kier alpha value is -4.58. The smallest absolute Gasteiger partial charge is 0.314 e. The number of H-pyrrole nitrogens is 1. The molecule has 6 bridgehead atoms. The topological polar surface area (TPSA) is 294 Å². The molecule has 10 aliphatic rings. The van der Waals surface area contributed by atoms with Crippen molar-refractivity contribution in [2.24, 2.45) is 110 Å². The molecular weight excluding hydrogens is 1130 g/mol. The molecule has 6 fully saturated rings. The van der Waals surface area contributed by atoms with E-state index in [9.17, 15) is 45.3 Å². The lowest BCUT2D eigenvalue weighted by Crippen LogP contribution is -2.67. The molecule has 4 saturated carbocycles. The molecule has 12 rings (SSSR count). The van der Waals surface area contributed by atoms with Crippen LogP contribution in [0.3, 0.4) is 0 Å². The van der Waals surface area contributed by atoms with E-state index >= 15 is 4.79 Å². The summed E-state index contributed by atoms with van der Waals surface area (Å²) in [5.74, 6) is 2.74. The van der Waals surface area contributed by atoms with Gasteiger partial charge in [0.1, 0.15) is 17.9 Å². The number of aromatic amines is 1. The zero-order valence-corrected chi connectivity index (χ0v) is 52.0. The van der Waals surface area contributed by atoms with Gasteiger partial charge in [0.2, 0.25) is 0 Å². The normalized spacial score (nSPS) is 45.6. The zero-order valence-electron chi connectivity index (χ0n) is 50.4. The largest absolute Gasteiger partial charge is 0.508 e. The lowest BCUT2D eigenvalue weighted by Gasteiger charge is -2.63. The van der Waals surface area contributed by atoms with Gasteiger partial charge in [-0.1, -0.05) is 91.1 Å². The van der Waals surface area contributed by atoms with Gasteiger partial charge >= 0.3 is 5.97 Å². The van der Waals surface area contributed by atoms with Crippen molar-refractivity contribution in [3.63, 3.8) is 0 Å². The number of benzene rings is 1. The lowest BCUT2D eigenvalue weighted by molar-refractivity contribution is -0.194. The summed E-state index contributed by atoms with van der Waals surface area (Å²) in [6, 6.07) is 7.35. The number of ketones is 2. The molecule has 16 nitrogen and oxygen atoms in total. The van der Waals surface area contributed by atoms with Crippen molar-refractivity contribution >= 4 is 45.1 Å². The highest BCUT2D eigenvalue weighted by Crippen LogP contribution is 2.73. The number of nitrogens with zero attached hydrogens (tertiary/aromatic N) is 1. The number of aliphatic hydroxyl groups is 6. The van der Waals surface area contributed by atoms with E-state index in [-0.39, 0.29) is 134 Å². The number of aromatic hydroxyl groups is 1. The summed E-state index contributed by atoms with van der Waals surface area (Å²) in [5.41, 5.74) is 9.44. The number of phenols is 1. The Morgan fingerprint density at radius 3 is 2.43 bits per heavy atom. The molecule has 0 radical (unpaired) electrons. The van der Waals surface area contributed by atoms with Gasteiger partial charge in [0.05, 0.1) is 47.7 Å². The van der Waals surface area contributed by atoms with Crippen LogP contribution in [-0.4, -0.2) is 131 Å². The number of phenolic OH excluding ortho intramolecular Hbond substituents is 1. The number of allylic oxidation sites excluding steroid dienone is 5. The number of hydrogen-bond donors (Lipinski definition) is 11. The van der Waals surface area contributed by atoms with Crippen LogP contribution in [0.4, 0.5) is 0 Å². The minimum atomic E-state index is -1.98. The summed E-state index contributed by atoms with van der Waals surface area (Å²) in [7, 11) is 2.98. The molecule has 2 aromatic rings. The number of nitrogens with two attached hydrogens (primary N) is 2. The van der Waals surface area contributed by atoms with E-state index < -0.39 is 100 Å². The minimum absolute atomic E-state index is 0.00152. The monoisotopic (exact) mass is 1220 g/mol. The molecule has 2 saturated heterocycles. The second-order valence-corrected chi connectivity index (χ2v) is 31.1. The number of guanidine groups is 1. The number of aliphatic imine (C=N–C) groups is 1. The Morgan fingerprint density at radius 2 is 1.71 bits per heavy atom. The van der Waals surface area contributed by atoms with Crippen molar-refractivity contribution in [2.75, 3.05) is 24.7 Å². The fraction of sp³-hybridized carbons (Fsp3) is 0.676. The van der Waals surface area contributed by atoms with Crippen LogP contribution >= 0.6 is 21.6 Å². The molecule has 1 aromatic heterocycles. The third-order valence-corrected chi connectivity index (χ3v) is 26.6. The maximum Gasteiger partial charge on any atom is 0.314 e. The van der Waals surface area contributed by atoms with Crippen LogP contribution in [0.15, 0.2) is 82.8 Å². The molecule has 3 heterocycles. The third kappa shape index (κ3) is 10.1. The second-order valence-electron chi connectivity index (χ2n) is 28.6. The van der Waals surface area contributed by atoms with Gasteiger partial charge in [-0.3, -0.25) is 19.4 Å². The quantitative estimate of drug-likeness (QED) is 0.0315. The number of Topliss-reactive ketones (excluding diaryl/α,β-unsaturated/α-hetero) is 2. The molecule has 18 heteroatoms. The van der Waals surface area contributed by atoms with Gasteiger partial charge < -0.3 is 62.3 Å². The number of nitrogens with one attached hydrogen (secondary N) is 2. The highest BCUT2D eigenvalue weighted by Gasteiger charge is 2.75. The SMILES string of the molecule is CCC1OC(=O)C(c2cc[nH]c2)C1C1C#CCC2CC3(O)C4=C5NC(CO)C(=O)CC(c6ccc(O)cc6)CSSCC6C(O)C(O)CC(C)(C4CCC3(CCN=C(N)N)C2C(C)(O)C(O)CC(C)C2C3C=CC1C2C1CC(C)CCC1=C3)C6C5=O. The van der Waals surface area contributed by atoms with Gasteiger partial charge in [0.15, 0.2) is 17.5 Å². The van der Waals surface area contributed by atoms with Crippen molar-refractivity contribution in [3.8, 4) is 17.6 Å². The molecule has 466 valence electrons. The molecule has 25 unspecified atom stereocenters. The number of fused-ring (bicyclic) bond motifs is 8. The van der Waals surface area contributed by atoms with Crippen molar-refractivity contribution in [2.45, 2.75) is 165 Å². The first kappa shape index (κ1) is 61.6. The van der Waals surface area contributed by atoms with Gasteiger partial charge in [-0.05, 0) is 165 Å². The number of cyclic esters (lactones) is 1. The number of esters is 1. The number of hydrogen-bond acceptors (Lipinski definition) is 15. The Balaban J connectivity index is 1.05. The van der Waals surface area contributed by atoms with Crippen molar-refractivity contribution < 1.29 is 54.9 Å². The molecule has 0 amide bonds. The summed E-state index contributed by atoms with van der Waals surface area (Å²) in [4.78, 5) is 53.3. The molecule has 13 N–H and O–H groups in total. The van der Waals surface area contributed by atoms with Gasteiger partial charge in [0.25, 0.3) is 0 Å². The summed E-state index contributed by atoms with van der Waals surface area (Å²) in [6.07, 6.45) is 11.7. The van der Waals surface area contributed by atoms with Crippen molar-refractivity contribution in [1.82, 2.24) is 10.3 Å². The van der Waals surface area contributed by atoms with Crippen LogP contribution in [0.2, 0.25) is 0 Å². The molecule has 86 heavy (non-hydrogen) atoms. The van der Waals surface area contributed by atoms with Gasteiger partial charge in [-0.15, -0.1) is 5.92 Å². The molecule has 8 aliphatic carbocycles. The Kier molecular flexibility index (Phi) is 17.0. The van der Waals surface area contributed by atoms with Gasteiger partial charge in [0, 0.05) is 84.2 Å². The van der Waals surface area contributed by atoms with Crippen LogP contribution in [0.25, 0.3) is 0 Å². The zero-order chi connectivity index (χ0) is 60.9. The van der Waals surface area contributed by atoms with Crippen LogP contribution in [0.5, 0.6) is 5.75 Å².